The molecule has 0 unspecified atom stereocenters. The van der Waals surface area contributed by atoms with Gasteiger partial charge in [-0.05, 0) is 24.6 Å². The van der Waals surface area contributed by atoms with E-state index in [1.54, 1.807) is 19.9 Å². The molecule has 1 aromatic rings. The minimum Gasteiger partial charge on any atom is -0.455 e. The molecule has 0 spiro atoms. The van der Waals surface area contributed by atoms with Crippen molar-refractivity contribution in [3.8, 4) is 0 Å². The molecule has 0 radical (unpaired) electrons. The number of hydrogen-bond donors (Lipinski definition) is 1. The molecule has 2 rings (SSSR count). The van der Waals surface area contributed by atoms with Gasteiger partial charge in [-0.3, -0.25) is 13.9 Å². The molecule has 1 fully saturated rings. The molecule has 1 aliphatic heterocycles. The van der Waals surface area contributed by atoms with Crippen LogP contribution in [-0.2, 0) is 24.3 Å². The maximum atomic E-state index is 12.0. The number of nitrogens with zero attached hydrogens (tertiary/aromatic N) is 1. The van der Waals surface area contributed by atoms with E-state index in [2.05, 4.69) is 5.32 Å². The predicted molar refractivity (Wildman–Crippen MR) is 91.6 cm³/mol. The van der Waals surface area contributed by atoms with Crippen LogP contribution in [0.5, 0.6) is 0 Å². The molecule has 1 saturated heterocycles. The molecule has 1 N–H and O–H groups in total. The first kappa shape index (κ1) is 18.5. The Morgan fingerprint density at radius 3 is 2.67 bits per heavy atom. The van der Waals surface area contributed by atoms with Crippen molar-refractivity contribution in [1.29, 1.82) is 0 Å². The summed E-state index contributed by atoms with van der Waals surface area (Å²) in [4.78, 5) is 23.2. The molecule has 0 aromatic heterocycles. The van der Waals surface area contributed by atoms with Gasteiger partial charge in [-0.2, -0.15) is 0 Å². The van der Waals surface area contributed by atoms with Crippen molar-refractivity contribution in [2.45, 2.75) is 20.3 Å². The van der Waals surface area contributed by atoms with E-state index in [0.717, 1.165) is 0 Å². The topological polar surface area (TPSA) is 92.8 Å². The SMILES string of the molecule is CC(C)C(=O)OCC(=O)Nc1ccc(Cl)c(N2CCCS2(=O)=O)c1. The molecular formula is C15H19ClN2O5S. The summed E-state index contributed by atoms with van der Waals surface area (Å²) < 4.78 is 30.1. The Morgan fingerprint density at radius 2 is 2.08 bits per heavy atom. The summed E-state index contributed by atoms with van der Waals surface area (Å²) in [5.41, 5.74) is 0.702. The van der Waals surface area contributed by atoms with Crippen LogP contribution in [0.1, 0.15) is 20.3 Å². The summed E-state index contributed by atoms with van der Waals surface area (Å²) in [6.45, 7) is 3.28. The fraction of sp³-hybridized carbons (Fsp3) is 0.467. The van der Waals surface area contributed by atoms with Crippen LogP contribution in [0.2, 0.25) is 5.02 Å². The van der Waals surface area contributed by atoms with E-state index in [-0.39, 0.29) is 16.7 Å². The van der Waals surface area contributed by atoms with Crippen LogP contribution < -0.4 is 9.62 Å². The number of nitrogens with one attached hydrogen (secondary N) is 1. The van der Waals surface area contributed by atoms with E-state index in [0.29, 0.717) is 24.3 Å². The lowest BCUT2D eigenvalue weighted by atomic mass is 10.2. The average Bonchev–Trinajstić information content (AvgIpc) is 2.86. The number of sulfonamides is 1. The molecule has 0 bridgehead atoms. The average molecular weight is 375 g/mol. The number of carbonyl (C=O) groups is 2. The van der Waals surface area contributed by atoms with Crippen molar-refractivity contribution in [2.75, 3.05) is 28.5 Å². The van der Waals surface area contributed by atoms with Crippen molar-refractivity contribution in [3.63, 3.8) is 0 Å². The molecule has 7 nitrogen and oxygen atoms in total. The van der Waals surface area contributed by atoms with E-state index in [9.17, 15) is 18.0 Å². The standard InChI is InChI=1S/C15H19ClN2O5S/c1-10(2)15(20)23-9-14(19)17-11-4-5-12(16)13(8-11)18-6-3-7-24(18,21)22/h4-5,8,10H,3,6-7,9H2,1-2H3,(H,17,19). The fourth-order valence-electron chi connectivity index (χ4n) is 2.19. The Morgan fingerprint density at radius 1 is 1.38 bits per heavy atom. The number of carbonyl (C=O) groups excluding carboxylic acids is 2. The monoisotopic (exact) mass is 374 g/mol. The number of ether oxygens (including phenoxy) is 1. The third-order valence-corrected chi connectivity index (χ3v) is 5.59. The number of benzene rings is 1. The first-order chi connectivity index (χ1) is 11.2. The van der Waals surface area contributed by atoms with E-state index < -0.39 is 28.5 Å². The molecular weight excluding hydrogens is 356 g/mol. The summed E-state index contributed by atoms with van der Waals surface area (Å²) in [6.07, 6.45) is 0.528. The fourth-order valence-corrected chi connectivity index (χ4v) is 4.03. The third-order valence-electron chi connectivity index (χ3n) is 3.41. The van der Waals surface area contributed by atoms with Crippen molar-refractivity contribution >= 4 is 44.9 Å². The second kappa shape index (κ2) is 7.40. The number of halogens is 1. The highest BCUT2D eigenvalue weighted by atomic mass is 35.5. The van der Waals surface area contributed by atoms with Crippen molar-refractivity contribution in [1.82, 2.24) is 0 Å². The Hall–Kier alpha value is -1.80. The van der Waals surface area contributed by atoms with Gasteiger partial charge in [-0.15, -0.1) is 0 Å². The first-order valence-corrected chi connectivity index (χ1v) is 9.46. The summed E-state index contributed by atoms with van der Waals surface area (Å²) in [5.74, 6) is -1.22. The van der Waals surface area contributed by atoms with Gasteiger partial charge in [-0.1, -0.05) is 25.4 Å². The predicted octanol–water partition coefficient (Wildman–Crippen LogP) is 2.02. The normalized spacial score (nSPS) is 16.2. The second-order valence-electron chi connectivity index (χ2n) is 5.72. The molecule has 132 valence electrons. The van der Waals surface area contributed by atoms with E-state index in [1.807, 2.05) is 0 Å². The second-order valence-corrected chi connectivity index (χ2v) is 8.14. The van der Waals surface area contributed by atoms with Crippen LogP contribution in [0.4, 0.5) is 11.4 Å². The molecule has 0 aliphatic carbocycles. The lowest BCUT2D eigenvalue weighted by molar-refractivity contribution is -0.150. The van der Waals surface area contributed by atoms with E-state index in [4.69, 9.17) is 16.3 Å². The molecule has 1 aromatic carbocycles. The Bertz CT molecular complexity index is 748. The van der Waals surface area contributed by atoms with Gasteiger partial charge >= 0.3 is 5.97 Å². The van der Waals surface area contributed by atoms with Crippen LogP contribution in [0.15, 0.2) is 18.2 Å². The van der Waals surface area contributed by atoms with Gasteiger partial charge in [0.2, 0.25) is 10.0 Å². The first-order valence-electron chi connectivity index (χ1n) is 7.47. The largest absolute Gasteiger partial charge is 0.455 e. The maximum Gasteiger partial charge on any atom is 0.308 e. The van der Waals surface area contributed by atoms with Crippen LogP contribution in [0.25, 0.3) is 0 Å². The van der Waals surface area contributed by atoms with Crippen molar-refractivity contribution < 1.29 is 22.7 Å². The minimum absolute atomic E-state index is 0.0745. The molecule has 0 atom stereocenters. The zero-order chi connectivity index (χ0) is 17.9. The smallest absolute Gasteiger partial charge is 0.308 e. The lowest BCUT2D eigenvalue weighted by Crippen LogP contribution is -2.26. The number of esters is 1. The molecule has 9 heteroatoms. The van der Waals surface area contributed by atoms with Gasteiger partial charge in [0.05, 0.1) is 22.4 Å². The number of anilines is 2. The Kier molecular flexibility index (Phi) is 5.71. The highest BCUT2D eigenvalue weighted by Gasteiger charge is 2.30. The van der Waals surface area contributed by atoms with Gasteiger partial charge < -0.3 is 10.1 Å². The number of rotatable bonds is 5. The van der Waals surface area contributed by atoms with E-state index >= 15 is 0 Å². The highest BCUT2D eigenvalue weighted by Crippen LogP contribution is 2.33. The molecule has 1 heterocycles. The van der Waals surface area contributed by atoms with Gasteiger partial charge in [0.25, 0.3) is 5.91 Å². The Balaban J connectivity index is 2.08. The van der Waals surface area contributed by atoms with Gasteiger partial charge in [-0.25, -0.2) is 8.42 Å². The van der Waals surface area contributed by atoms with Crippen LogP contribution >= 0.6 is 11.6 Å². The zero-order valence-electron chi connectivity index (χ0n) is 13.4. The Labute approximate surface area is 146 Å². The molecule has 1 amide bonds. The lowest BCUT2D eigenvalue weighted by Gasteiger charge is -2.19. The van der Waals surface area contributed by atoms with Gasteiger partial charge in [0.15, 0.2) is 6.61 Å². The van der Waals surface area contributed by atoms with Crippen LogP contribution in [0.3, 0.4) is 0 Å². The quantitative estimate of drug-likeness (QED) is 0.796. The highest BCUT2D eigenvalue weighted by molar-refractivity contribution is 7.93. The third kappa shape index (κ3) is 4.39. The number of hydrogen-bond acceptors (Lipinski definition) is 5. The zero-order valence-corrected chi connectivity index (χ0v) is 15.0. The number of amides is 1. The summed E-state index contributed by atoms with van der Waals surface area (Å²) in [5, 5.41) is 2.84. The molecule has 0 saturated carbocycles. The van der Waals surface area contributed by atoms with Crippen molar-refractivity contribution in [3.05, 3.63) is 23.2 Å². The molecule has 1 aliphatic rings. The molecule has 24 heavy (non-hydrogen) atoms. The van der Waals surface area contributed by atoms with Crippen LogP contribution in [0, 0.1) is 5.92 Å². The summed E-state index contributed by atoms with van der Waals surface area (Å²) >= 11 is 6.09. The summed E-state index contributed by atoms with van der Waals surface area (Å²) in [6, 6.07) is 4.56. The minimum atomic E-state index is -3.37. The van der Waals surface area contributed by atoms with E-state index in [1.165, 1.54) is 16.4 Å². The summed E-state index contributed by atoms with van der Waals surface area (Å²) in [7, 11) is -3.37. The van der Waals surface area contributed by atoms with Crippen molar-refractivity contribution in [2.24, 2.45) is 5.92 Å². The van der Waals surface area contributed by atoms with Gasteiger partial charge in [0, 0.05) is 12.2 Å². The maximum absolute atomic E-state index is 12.0. The van der Waals surface area contributed by atoms with Crippen LogP contribution in [-0.4, -0.2) is 39.2 Å². The van der Waals surface area contributed by atoms with Gasteiger partial charge in [0.1, 0.15) is 0 Å².